The van der Waals surface area contributed by atoms with Crippen LogP contribution < -0.4 is 9.46 Å². The van der Waals surface area contributed by atoms with Crippen LogP contribution in [-0.2, 0) is 10.0 Å². The lowest BCUT2D eigenvalue weighted by atomic mass is 10.2. The Balaban J connectivity index is 1.95. The number of ether oxygens (including phenoxy) is 1. The molecule has 2 aromatic rings. The summed E-state index contributed by atoms with van der Waals surface area (Å²) < 4.78 is 31.4. The van der Waals surface area contributed by atoms with Crippen molar-refractivity contribution in [1.82, 2.24) is 0 Å². The highest BCUT2D eigenvalue weighted by molar-refractivity contribution is 7.92. The molecule has 2 aromatic carbocycles. The third-order valence-electron chi connectivity index (χ3n) is 2.79. The maximum atomic E-state index is 11.9. The molecule has 0 fully saturated rings. The molecule has 0 spiro atoms. The van der Waals surface area contributed by atoms with Gasteiger partial charge in [-0.2, -0.15) is 0 Å². The number of methoxy groups -OCH3 is 1. The highest BCUT2D eigenvalue weighted by Gasteiger charge is 2.07. The predicted octanol–water partition coefficient (Wildman–Crippen LogP) is 3.15. The molecule has 1 N–H and O–H groups in total. The standard InChI is InChI=1S/C16H17NO3S/c1-20-16-11-9-14(10-12-16)6-5-13-21(18,19)17-15-7-3-2-4-8-15/h2-12,17H,13H2,1H3. The van der Waals surface area contributed by atoms with E-state index in [2.05, 4.69) is 4.72 Å². The molecular formula is C16H17NO3S. The van der Waals surface area contributed by atoms with Crippen LogP contribution in [0.1, 0.15) is 5.56 Å². The van der Waals surface area contributed by atoms with Crippen LogP contribution in [0, 0.1) is 0 Å². The summed E-state index contributed by atoms with van der Waals surface area (Å²) in [7, 11) is -1.78. The summed E-state index contributed by atoms with van der Waals surface area (Å²) in [6.45, 7) is 0. The first-order valence-corrected chi connectivity index (χ1v) is 8.10. The van der Waals surface area contributed by atoms with Gasteiger partial charge in [0.05, 0.1) is 12.9 Å². The molecule has 0 aromatic heterocycles. The quantitative estimate of drug-likeness (QED) is 0.892. The molecule has 0 amide bonds. The first-order valence-electron chi connectivity index (χ1n) is 6.45. The van der Waals surface area contributed by atoms with Crippen molar-refractivity contribution < 1.29 is 13.2 Å². The van der Waals surface area contributed by atoms with E-state index in [4.69, 9.17) is 4.74 Å². The Labute approximate surface area is 125 Å². The number of hydrogen-bond donors (Lipinski definition) is 1. The van der Waals surface area contributed by atoms with Gasteiger partial charge in [-0.3, -0.25) is 4.72 Å². The Hall–Kier alpha value is -2.27. The zero-order valence-corrected chi connectivity index (χ0v) is 12.5. The SMILES string of the molecule is COc1ccc(C=CCS(=O)(=O)Nc2ccccc2)cc1. The van der Waals surface area contributed by atoms with Crippen LogP contribution in [0.25, 0.3) is 6.08 Å². The maximum Gasteiger partial charge on any atom is 0.236 e. The smallest absolute Gasteiger partial charge is 0.236 e. The molecule has 110 valence electrons. The first-order chi connectivity index (χ1) is 10.1. The van der Waals surface area contributed by atoms with E-state index in [0.717, 1.165) is 11.3 Å². The molecule has 0 bridgehead atoms. The minimum Gasteiger partial charge on any atom is -0.497 e. The lowest BCUT2D eigenvalue weighted by Crippen LogP contribution is -2.15. The molecule has 2 rings (SSSR count). The maximum absolute atomic E-state index is 11.9. The summed E-state index contributed by atoms with van der Waals surface area (Å²) in [6, 6.07) is 16.2. The van der Waals surface area contributed by atoms with Crippen molar-refractivity contribution in [3.05, 3.63) is 66.2 Å². The number of nitrogens with one attached hydrogen (secondary N) is 1. The Bertz CT molecular complexity index is 692. The van der Waals surface area contributed by atoms with Crippen LogP contribution in [0.5, 0.6) is 5.75 Å². The van der Waals surface area contributed by atoms with E-state index >= 15 is 0 Å². The zero-order chi connectivity index (χ0) is 15.1. The van der Waals surface area contributed by atoms with Gasteiger partial charge >= 0.3 is 0 Å². The molecule has 21 heavy (non-hydrogen) atoms. The second-order valence-electron chi connectivity index (χ2n) is 4.43. The molecule has 0 saturated heterocycles. The minimum absolute atomic E-state index is 0.0755. The van der Waals surface area contributed by atoms with Gasteiger partial charge in [0, 0.05) is 5.69 Å². The van der Waals surface area contributed by atoms with Crippen LogP contribution in [0.3, 0.4) is 0 Å². The summed E-state index contributed by atoms with van der Waals surface area (Å²) >= 11 is 0. The van der Waals surface area contributed by atoms with Gasteiger partial charge in [-0.15, -0.1) is 0 Å². The highest BCUT2D eigenvalue weighted by Crippen LogP contribution is 2.13. The first kappa shape index (κ1) is 15.1. The minimum atomic E-state index is -3.38. The van der Waals surface area contributed by atoms with Crippen molar-refractivity contribution >= 4 is 21.8 Å². The average Bonchev–Trinajstić information content (AvgIpc) is 2.48. The summed E-state index contributed by atoms with van der Waals surface area (Å²) in [4.78, 5) is 0. The monoisotopic (exact) mass is 303 g/mol. The molecule has 0 aliphatic rings. The largest absolute Gasteiger partial charge is 0.497 e. The van der Waals surface area contributed by atoms with Gasteiger partial charge in [0.15, 0.2) is 0 Å². The number of hydrogen-bond acceptors (Lipinski definition) is 3. The lowest BCUT2D eigenvalue weighted by molar-refractivity contribution is 0.415. The van der Waals surface area contributed by atoms with Gasteiger partial charge in [-0.05, 0) is 29.8 Å². The number of anilines is 1. The van der Waals surface area contributed by atoms with E-state index < -0.39 is 10.0 Å². The van der Waals surface area contributed by atoms with Crippen LogP contribution in [0.2, 0.25) is 0 Å². The normalized spacial score (nSPS) is 11.5. The van der Waals surface area contributed by atoms with Crippen molar-refractivity contribution in [3.8, 4) is 5.75 Å². The van der Waals surface area contributed by atoms with Gasteiger partial charge in [-0.1, -0.05) is 42.5 Å². The van der Waals surface area contributed by atoms with Crippen LogP contribution in [-0.4, -0.2) is 21.3 Å². The van der Waals surface area contributed by atoms with Crippen molar-refractivity contribution in [2.45, 2.75) is 0 Å². The second-order valence-corrected chi connectivity index (χ2v) is 6.19. The Morgan fingerprint density at radius 2 is 1.71 bits per heavy atom. The van der Waals surface area contributed by atoms with Gasteiger partial charge in [0.25, 0.3) is 0 Å². The van der Waals surface area contributed by atoms with Crippen molar-refractivity contribution in [2.75, 3.05) is 17.6 Å². The fourth-order valence-electron chi connectivity index (χ4n) is 1.75. The molecule has 0 aliphatic carbocycles. The molecule has 0 aliphatic heterocycles. The van der Waals surface area contributed by atoms with E-state index in [-0.39, 0.29) is 5.75 Å². The molecule has 0 radical (unpaired) electrons. The highest BCUT2D eigenvalue weighted by atomic mass is 32.2. The van der Waals surface area contributed by atoms with Gasteiger partial charge in [0.1, 0.15) is 5.75 Å². The van der Waals surface area contributed by atoms with E-state index in [1.807, 2.05) is 30.3 Å². The lowest BCUT2D eigenvalue weighted by Gasteiger charge is -2.05. The van der Waals surface area contributed by atoms with Crippen molar-refractivity contribution in [3.63, 3.8) is 0 Å². The molecular weight excluding hydrogens is 286 g/mol. The molecule has 0 saturated carbocycles. The summed E-state index contributed by atoms with van der Waals surface area (Å²) in [6.07, 6.45) is 3.39. The fourth-order valence-corrected chi connectivity index (χ4v) is 2.68. The van der Waals surface area contributed by atoms with E-state index in [1.165, 1.54) is 0 Å². The predicted molar refractivity (Wildman–Crippen MR) is 85.9 cm³/mol. The van der Waals surface area contributed by atoms with Crippen LogP contribution >= 0.6 is 0 Å². The van der Waals surface area contributed by atoms with E-state index in [1.54, 1.807) is 43.5 Å². The Morgan fingerprint density at radius 3 is 2.33 bits per heavy atom. The van der Waals surface area contributed by atoms with Crippen molar-refractivity contribution in [1.29, 1.82) is 0 Å². The van der Waals surface area contributed by atoms with Crippen molar-refractivity contribution in [2.24, 2.45) is 0 Å². The molecule has 5 heteroatoms. The van der Waals surface area contributed by atoms with E-state index in [9.17, 15) is 8.42 Å². The average molecular weight is 303 g/mol. The Kier molecular flexibility index (Phi) is 5.00. The summed E-state index contributed by atoms with van der Waals surface area (Å²) in [5.41, 5.74) is 1.49. The second kappa shape index (κ2) is 6.95. The summed E-state index contributed by atoms with van der Waals surface area (Å²) in [5.74, 6) is 0.694. The van der Waals surface area contributed by atoms with E-state index in [0.29, 0.717) is 5.69 Å². The topological polar surface area (TPSA) is 55.4 Å². The third kappa shape index (κ3) is 4.96. The van der Waals surface area contributed by atoms with Gasteiger partial charge in [-0.25, -0.2) is 8.42 Å². The van der Waals surface area contributed by atoms with Crippen LogP contribution in [0.4, 0.5) is 5.69 Å². The van der Waals surface area contributed by atoms with Gasteiger partial charge < -0.3 is 4.74 Å². The van der Waals surface area contributed by atoms with Gasteiger partial charge in [0.2, 0.25) is 10.0 Å². The molecule has 0 unspecified atom stereocenters. The zero-order valence-electron chi connectivity index (χ0n) is 11.7. The molecule has 0 heterocycles. The Morgan fingerprint density at radius 1 is 1.05 bits per heavy atom. The van der Waals surface area contributed by atoms with Crippen LogP contribution in [0.15, 0.2) is 60.7 Å². The fraction of sp³-hybridized carbons (Fsp3) is 0.125. The number of rotatable bonds is 6. The summed E-state index contributed by atoms with van der Waals surface area (Å²) in [5, 5.41) is 0. The number of para-hydroxylation sites is 1. The molecule has 0 atom stereocenters. The third-order valence-corrected chi connectivity index (χ3v) is 3.97. The number of benzene rings is 2. The molecule has 4 nitrogen and oxygen atoms in total. The number of sulfonamides is 1.